The molecule has 0 aliphatic carbocycles. The number of carboxylic acids is 1. The van der Waals surface area contributed by atoms with Crippen molar-refractivity contribution in [2.24, 2.45) is 0 Å². The van der Waals surface area contributed by atoms with Crippen LogP contribution in [0.2, 0.25) is 0 Å². The number of hydrogen-bond acceptors (Lipinski definition) is 5. The molecule has 18 heavy (non-hydrogen) atoms. The van der Waals surface area contributed by atoms with Gasteiger partial charge in [-0.2, -0.15) is 0 Å². The van der Waals surface area contributed by atoms with E-state index in [1.165, 1.54) is 0 Å². The van der Waals surface area contributed by atoms with E-state index in [1.807, 2.05) is 5.38 Å². The molecule has 0 spiro atoms. The molecule has 0 amide bonds. The molecule has 100 valence electrons. The van der Waals surface area contributed by atoms with Crippen LogP contribution in [0.1, 0.15) is 19.0 Å². The SMILES string of the molecule is CC1CN(C)CCCN1c1nc(CC(=O)O)cs1. The van der Waals surface area contributed by atoms with Crippen molar-refractivity contribution in [1.29, 1.82) is 0 Å². The molecule has 1 N–H and O–H groups in total. The van der Waals surface area contributed by atoms with Crippen molar-refractivity contribution in [3.05, 3.63) is 11.1 Å². The molecule has 5 nitrogen and oxygen atoms in total. The van der Waals surface area contributed by atoms with Gasteiger partial charge >= 0.3 is 5.97 Å². The van der Waals surface area contributed by atoms with Crippen LogP contribution in [0.5, 0.6) is 0 Å². The van der Waals surface area contributed by atoms with Gasteiger partial charge in [0.25, 0.3) is 0 Å². The van der Waals surface area contributed by atoms with E-state index in [1.54, 1.807) is 11.3 Å². The summed E-state index contributed by atoms with van der Waals surface area (Å²) in [6.07, 6.45) is 1.13. The van der Waals surface area contributed by atoms with E-state index in [2.05, 4.69) is 28.8 Å². The van der Waals surface area contributed by atoms with Gasteiger partial charge in [0.05, 0.1) is 12.1 Å². The molecule has 2 heterocycles. The highest BCUT2D eigenvalue weighted by Gasteiger charge is 2.22. The molecule has 0 saturated carbocycles. The third kappa shape index (κ3) is 3.20. The lowest BCUT2D eigenvalue weighted by atomic mass is 10.3. The van der Waals surface area contributed by atoms with Gasteiger partial charge in [0.15, 0.2) is 5.13 Å². The van der Waals surface area contributed by atoms with Gasteiger partial charge in [-0.25, -0.2) is 4.98 Å². The molecule has 2 rings (SSSR count). The van der Waals surface area contributed by atoms with Crippen molar-refractivity contribution in [1.82, 2.24) is 9.88 Å². The summed E-state index contributed by atoms with van der Waals surface area (Å²) in [7, 11) is 2.14. The predicted molar refractivity (Wildman–Crippen MR) is 72.4 cm³/mol. The Morgan fingerprint density at radius 1 is 1.61 bits per heavy atom. The van der Waals surface area contributed by atoms with Crippen LogP contribution in [0, 0.1) is 0 Å². The number of aromatic nitrogens is 1. The summed E-state index contributed by atoms with van der Waals surface area (Å²) in [5.74, 6) is -0.824. The highest BCUT2D eigenvalue weighted by atomic mass is 32.1. The van der Waals surface area contributed by atoms with E-state index in [9.17, 15) is 4.79 Å². The standard InChI is InChI=1S/C12H19N3O2S/c1-9-7-14(2)4-3-5-15(9)12-13-10(8-18-12)6-11(16)17/h8-9H,3-7H2,1-2H3,(H,16,17). The molecule has 1 aliphatic rings. The predicted octanol–water partition coefficient (Wildman–Crippen LogP) is 1.30. The van der Waals surface area contributed by atoms with E-state index in [4.69, 9.17) is 5.11 Å². The van der Waals surface area contributed by atoms with Crippen molar-refractivity contribution < 1.29 is 9.90 Å². The Bertz CT molecular complexity index is 421. The van der Waals surface area contributed by atoms with Gasteiger partial charge < -0.3 is 14.9 Å². The topological polar surface area (TPSA) is 56.7 Å². The van der Waals surface area contributed by atoms with Crippen molar-refractivity contribution >= 4 is 22.4 Å². The van der Waals surface area contributed by atoms with Gasteiger partial charge in [-0.05, 0) is 26.9 Å². The van der Waals surface area contributed by atoms with Crippen LogP contribution in [-0.2, 0) is 11.2 Å². The number of nitrogens with zero attached hydrogens (tertiary/aromatic N) is 3. The lowest BCUT2D eigenvalue weighted by Gasteiger charge is -2.27. The fourth-order valence-electron chi connectivity index (χ4n) is 2.32. The Morgan fingerprint density at radius 2 is 2.39 bits per heavy atom. The Morgan fingerprint density at radius 3 is 3.11 bits per heavy atom. The number of rotatable bonds is 3. The van der Waals surface area contributed by atoms with E-state index < -0.39 is 5.97 Å². The third-order valence-corrected chi connectivity index (χ3v) is 4.09. The van der Waals surface area contributed by atoms with Crippen molar-refractivity contribution in [3.63, 3.8) is 0 Å². The molecule has 1 atom stereocenters. The van der Waals surface area contributed by atoms with Crippen molar-refractivity contribution in [3.8, 4) is 0 Å². The summed E-state index contributed by atoms with van der Waals surface area (Å²) < 4.78 is 0. The van der Waals surface area contributed by atoms with E-state index in [0.717, 1.165) is 31.2 Å². The first kappa shape index (κ1) is 13.3. The summed E-state index contributed by atoms with van der Waals surface area (Å²) in [6.45, 7) is 5.31. The van der Waals surface area contributed by atoms with Crippen molar-refractivity contribution in [2.45, 2.75) is 25.8 Å². The van der Waals surface area contributed by atoms with Crippen LogP contribution in [-0.4, -0.2) is 53.7 Å². The Balaban J connectivity index is 2.09. The van der Waals surface area contributed by atoms with Gasteiger partial charge in [0.2, 0.25) is 0 Å². The second-order valence-corrected chi connectivity index (χ2v) is 5.69. The number of carbonyl (C=O) groups is 1. The zero-order valence-electron chi connectivity index (χ0n) is 10.8. The Labute approximate surface area is 111 Å². The summed E-state index contributed by atoms with van der Waals surface area (Å²) in [6, 6.07) is 0.418. The van der Waals surface area contributed by atoms with Crippen LogP contribution in [0.4, 0.5) is 5.13 Å². The van der Waals surface area contributed by atoms with Gasteiger partial charge in [-0.1, -0.05) is 0 Å². The van der Waals surface area contributed by atoms with Gasteiger partial charge in [0, 0.05) is 24.5 Å². The fourth-order valence-corrected chi connectivity index (χ4v) is 3.27. The molecule has 1 aromatic heterocycles. The quantitative estimate of drug-likeness (QED) is 0.896. The highest BCUT2D eigenvalue weighted by Crippen LogP contribution is 2.24. The monoisotopic (exact) mass is 269 g/mol. The van der Waals surface area contributed by atoms with Gasteiger partial charge in [0.1, 0.15) is 0 Å². The van der Waals surface area contributed by atoms with Crippen LogP contribution in [0.25, 0.3) is 0 Å². The minimum atomic E-state index is -0.824. The Hall–Kier alpha value is -1.14. The number of likely N-dealkylation sites (N-methyl/N-ethyl adjacent to an activating group) is 1. The molecule has 1 fully saturated rings. The van der Waals surface area contributed by atoms with E-state index in [0.29, 0.717) is 11.7 Å². The second kappa shape index (κ2) is 5.67. The Kier molecular flexibility index (Phi) is 4.19. The average molecular weight is 269 g/mol. The number of aliphatic carboxylic acids is 1. The highest BCUT2D eigenvalue weighted by molar-refractivity contribution is 7.13. The van der Waals surface area contributed by atoms with Crippen molar-refractivity contribution in [2.75, 3.05) is 31.6 Å². The average Bonchev–Trinajstić information content (AvgIpc) is 2.64. The smallest absolute Gasteiger partial charge is 0.309 e. The van der Waals surface area contributed by atoms with Gasteiger partial charge in [-0.3, -0.25) is 4.79 Å². The molecular formula is C12H19N3O2S. The first-order valence-electron chi connectivity index (χ1n) is 6.17. The van der Waals surface area contributed by atoms with Crippen LogP contribution in [0.15, 0.2) is 5.38 Å². The maximum Gasteiger partial charge on any atom is 0.309 e. The fraction of sp³-hybridized carbons (Fsp3) is 0.667. The van der Waals surface area contributed by atoms with Crippen LogP contribution in [0.3, 0.4) is 0 Å². The number of thiazole rings is 1. The number of hydrogen-bond donors (Lipinski definition) is 1. The molecule has 1 aliphatic heterocycles. The maximum absolute atomic E-state index is 10.7. The molecule has 1 aromatic rings. The largest absolute Gasteiger partial charge is 0.481 e. The van der Waals surface area contributed by atoms with E-state index >= 15 is 0 Å². The molecule has 1 saturated heterocycles. The summed E-state index contributed by atoms with van der Waals surface area (Å²) in [5.41, 5.74) is 0.660. The molecule has 0 aromatic carbocycles. The first-order valence-corrected chi connectivity index (χ1v) is 7.05. The first-order chi connectivity index (χ1) is 8.56. The summed E-state index contributed by atoms with van der Waals surface area (Å²) in [4.78, 5) is 19.7. The number of carboxylic acid groups (broad SMARTS) is 1. The number of anilines is 1. The molecule has 6 heteroatoms. The molecule has 0 bridgehead atoms. The lowest BCUT2D eigenvalue weighted by molar-refractivity contribution is -0.136. The van der Waals surface area contributed by atoms with Crippen LogP contribution >= 0.6 is 11.3 Å². The third-order valence-electron chi connectivity index (χ3n) is 3.16. The maximum atomic E-state index is 10.7. The molecule has 1 unspecified atom stereocenters. The minimum absolute atomic E-state index is 0.0125. The zero-order valence-corrected chi connectivity index (χ0v) is 11.6. The summed E-state index contributed by atoms with van der Waals surface area (Å²) >= 11 is 1.55. The van der Waals surface area contributed by atoms with E-state index in [-0.39, 0.29) is 6.42 Å². The summed E-state index contributed by atoms with van der Waals surface area (Å²) in [5, 5.41) is 11.6. The molecule has 0 radical (unpaired) electrons. The minimum Gasteiger partial charge on any atom is -0.481 e. The van der Waals surface area contributed by atoms with Gasteiger partial charge in [-0.15, -0.1) is 11.3 Å². The zero-order chi connectivity index (χ0) is 13.1. The lowest BCUT2D eigenvalue weighted by Crippen LogP contribution is -2.37. The van der Waals surface area contributed by atoms with Crippen LogP contribution < -0.4 is 4.90 Å². The normalized spacial score (nSPS) is 21.9. The molecular weight excluding hydrogens is 250 g/mol. The second-order valence-electron chi connectivity index (χ2n) is 4.85.